The van der Waals surface area contributed by atoms with Gasteiger partial charge in [0.05, 0.1) is 14.2 Å². The number of para-hydroxylation sites is 1. The molecule has 0 heterocycles. The lowest BCUT2D eigenvalue weighted by atomic mass is 10.0. The smallest absolute Gasteiger partial charge is 0.165 e. The van der Waals surface area contributed by atoms with Gasteiger partial charge in [-0.1, -0.05) is 18.2 Å². The first kappa shape index (κ1) is 15.8. The molecule has 0 spiro atoms. The molecule has 0 aromatic heterocycles. The lowest BCUT2D eigenvalue weighted by Crippen LogP contribution is -2.11. The Bertz CT molecular complexity index is 355. The minimum absolute atomic E-state index is 0. The summed E-state index contributed by atoms with van der Waals surface area (Å²) >= 11 is 0. The van der Waals surface area contributed by atoms with Crippen LogP contribution in [0.4, 0.5) is 0 Å². The zero-order valence-electron chi connectivity index (χ0n) is 10.3. The lowest BCUT2D eigenvalue weighted by molar-refractivity contribution is 0.349. The Kier molecular flexibility index (Phi) is 7.42. The van der Waals surface area contributed by atoms with E-state index in [0.717, 1.165) is 24.2 Å². The van der Waals surface area contributed by atoms with Crippen molar-refractivity contribution in [2.45, 2.75) is 18.9 Å². The van der Waals surface area contributed by atoms with Crippen LogP contribution < -0.4 is 15.2 Å². The average Bonchev–Trinajstić information content (AvgIpc) is 2.34. The molecule has 0 fully saturated rings. The number of nitrogens with two attached hydrogens (primary N) is 1. The number of rotatable bonds is 6. The molecule has 1 aromatic carbocycles. The maximum absolute atomic E-state index is 6.10. The molecule has 0 saturated heterocycles. The summed E-state index contributed by atoms with van der Waals surface area (Å²) in [6, 6.07) is 5.70. The zero-order valence-corrected chi connectivity index (χ0v) is 11.1. The van der Waals surface area contributed by atoms with Gasteiger partial charge in [-0.3, -0.25) is 0 Å². The van der Waals surface area contributed by atoms with Crippen LogP contribution in [0.25, 0.3) is 0 Å². The highest BCUT2D eigenvalue weighted by molar-refractivity contribution is 5.85. The Morgan fingerprint density at radius 3 is 2.59 bits per heavy atom. The minimum atomic E-state index is -0.0527. The third-order valence-electron chi connectivity index (χ3n) is 2.51. The first-order valence-corrected chi connectivity index (χ1v) is 5.32. The normalized spacial score (nSPS) is 11.2. The number of benzene rings is 1. The van der Waals surface area contributed by atoms with Crippen molar-refractivity contribution in [1.29, 1.82) is 0 Å². The van der Waals surface area contributed by atoms with Crippen molar-refractivity contribution in [1.82, 2.24) is 0 Å². The number of allylic oxidation sites excluding steroid dienone is 1. The van der Waals surface area contributed by atoms with Crippen molar-refractivity contribution in [3.05, 3.63) is 36.4 Å². The maximum atomic E-state index is 6.10. The molecule has 96 valence electrons. The number of ether oxygens (including phenoxy) is 2. The predicted molar refractivity (Wildman–Crippen MR) is 73.2 cm³/mol. The predicted octanol–water partition coefficient (Wildman–Crippen LogP) is 3.09. The topological polar surface area (TPSA) is 44.5 Å². The quantitative estimate of drug-likeness (QED) is 0.797. The second-order valence-corrected chi connectivity index (χ2v) is 3.56. The van der Waals surface area contributed by atoms with Crippen LogP contribution in [0.1, 0.15) is 24.4 Å². The summed E-state index contributed by atoms with van der Waals surface area (Å²) in [6.45, 7) is 3.69. The van der Waals surface area contributed by atoms with Gasteiger partial charge in [0.1, 0.15) is 0 Å². The fraction of sp³-hybridized carbons (Fsp3) is 0.385. The van der Waals surface area contributed by atoms with E-state index in [0.29, 0.717) is 5.75 Å². The summed E-state index contributed by atoms with van der Waals surface area (Å²) in [5.41, 5.74) is 7.07. The standard InChI is InChI=1S/C13H19NO2.ClH/c1-4-5-8-11(14)10-7-6-9-12(15-2)13(10)16-3;/h4,6-7,9,11H,1,5,8,14H2,2-3H3;1H/t11-;/m0./s1. The molecule has 0 saturated carbocycles. The molecule has 1 atom stereocenters. The Labute approximate surface area is 109 Å². The molecule has 1 rings (SSSR count). The summed E-state index contributed by atoms with van der Waals surface area (Å²) in [6.07, 6.45) is 3.61. The first-order chi connectivity index (χ1) is 7.74. The highest BCUT2D eigenvalue weighted by atomic mass is 35.5. The molecule has 2 N–H and O–H groups in total. The van der Waals surface area contributed by atoms with Crippen LogP contribution >= 0.6 is 12.4 Å². The molecule has 4 heteroatoms. The molecule has 0 bridgehead atoms. The highest BCUT2D eigenvalue weighted by Crippen LogP contribution is 2.34. The number of hydrogen-bond donors (Lipinski definition) is 1. The summed E-state index contributed by atoms with van der Waals surface area (Å²) in [5.74, 6) is 1.44. The molecule has 0 aliphatic carbocycles. The van der Waals surface area contributed by atoms with Crippen molar-refractivity contribution in [3.8, 4) is 11.5 Å². The monoisotopic (exact) mass is 257 g/mol. The van der Waals surface area contributed by atoms with Gasteiger partial charge in [-0.25, -0.2) is 0 Å². The van der Waals surface area contributed by atoms with Gasteiger partial charge in [0.2, 0.25) is 0 Å². The molecule has 0 aliphatic heterocycles. The van der Waals surface area contributed by atoms with Gasteiger partial charge in [0.25, 0.3) is 0 Å². The van der Waals surface area contributed by atoms with Crippen LogP contribution in [0.5, 0.6) is 11.5 Å². The Balaban J connectivity index is 0.00000256. The first-order valence-electron chi connectivity index (χ1n) is 5.32. The Morgan fingerprint density at radius 2 is 2.06 bits per heavy atom. The van der Waals surface area contributed by atoms with E-state index >= 15 is 0 Å². The SMILES string of the molecule is C=CCC[C@H](N)c1cccc(OC)c1OC.Cl. The van der Waals surface area contributed by atoms with E-state index in [2.05, 4.69) is 6.58 Å². The fourth-order valence-electron chi connectivity index (χ4n) is 1.66. The van der Waals surface area contributed by atoms with E-state index in [9.17, 15) is 0 Å². The van der Waals surface area contributed by atoms with E-state index in [1.807, 2.05) is 24.3 Å². The van der Waals surface area contributed by atoms with Crippen LogP contribution in [0, 0.1) is 0 Å². The van der Waals surface area contributed by atoms with Crippen molar-refractivity contribution in [2.24, 2.45) is 5.73 Å². The summed E-state index contributed by atoms with van der Waals surface area (Å²) in [4.78, 5) is 0. The van der Waals surface area contributed by atoms with E-state index < -0.39 is 0 Å². The van der Waals surface area contributed by atoms with Gasteiger partial charge >= 0.3 is 0 Å². The van der Waals surface area contributed by atoms with E-state index in [-0.39, 0.29) is 18.4 Å². The molecule has 17 heavy (non-hydrogen) atoms. The number of hydrogen-bond acceptors (Lipinski definition) is 3. The number of halogens is 1. The van der Waals surface area contributed by atoms with Gasteiger partial charge in [0.15, 0.2) is 11.5 Å². The second kappa shape index (κ2) is 7.98. The molecule has 0 radical (unpaired) electrons. The third kappa shape index (κ3) is 3.95. The maximum Gasteiger partial charge on any atom is 0.165 e. The average molecular weight is 258 g/mol. The fourth-order valence-corrected chi connectivity index (χ4v) is 1.66. The molecule has 0 aliphatic rings. The molecule has 0 unspecified atom stereocenters. The van der Waals surface area contributed by atoms with Crippen molar-refractivity contribution in [3.63, 3.8) is 0 Å². The van der Waals surface area contributed by atoms with E-state index in [1.165, 1.54) is 0 Å². The molecular formula is C13H20ClNO2. The largest absolute Gasteiger partial charge is 0.493 e. The van der Waals surface area contributed by atoms with Crippen molar-refractivity contribution < 1.29 is 9.47 Å². The highest BCUT2D eigenvalue weighted by Gasteiger charge is 2.14. The van der Waals surface area contributed by atoms with Gasteiger partial charge in [-0.05, 0) is 18.9 Å². The molecular weight excluding hydrogens is 238 g/mol. The number of methoxy groups -OCH3 is 2. The molecule has 0 amide bonds. The summed E-state index contributed by atoms with van der Waals surface area (Å²) < 4.78 is 10.6. The van der Waals surface area contributed by atoms with Crippen LogP contribution in [0.15, 0.2) is 30.9 Å². The molecule has 1 aromatic rings. The van der Waals surface area contributed by atoms with Gasteiger partial charge in [-0.2, -0.15) is 0 Å². The van der Waals surface area contributed by atoms with Gasteiger partial charge in [0, 0.05) is 11.6 Å². The zero-order chi connectivity index (χ0) is 12.0. The van der Waals surface area contributed by atoms with Crippen LogP contribution in [0.3, 0.4) is 0 Å². The van der Waals surface area contributed by atoms with E-state index in [4.69, 9.17) is 15.2 Å². The summed E-state index contributed by atoms with van der Waals surface area (Å²) in [5, 5.41) is 0. The van der Waals surface area contributed by atoms with Crippen molar-refractivity contribution in [2.75, 3.05) is 14.2 Å². The third-order valence-corrected chi connectivity index (χ3v) is 2.51. The minimum Gasteiger partial charge on any atom is -0.493 e. The van der Waals surface area contributed by atoms with Gasteiger partial charge < -0.3 is 15.2 Å². The van der Waals surface area contributed by atoms with E-state index in [1.54, 1.807) is 14.2 Å². The van der Waals surface area contributed by atoms with Crippen LogP contribution in [-0.2, 0) is 0 Å². The second-order valence-electron chi connectivity index (χ2n) is 3.56. The molecule has 3 nitrogen and oxygen atoms in total. The lowest BCUT2D eigenvalue weighted by Gasteiger charge is -2.17. The van der Waals surface area contributed by atoms with Crippen molar-refractivity contribution >= 4 is 12.4 Å². The Morgan fingerprint density at radius 1 is 1.35 bits per heavy atom. The van der Waals surface area contributed by atoms with Gasteiger partial charge in [-0.15, -0.1) is 19.0 Å². The van der Waals surface area contributed by atoms with Crippen LogP contribution in [0.2, 0.25) is 0 Å². The summed E-state index contributed by atoms with van der Waals surface area (Å²) in [7, 11) is 3.25. The van der Waals surface area contributed by atoms with Crippen LogP contribution in [-0.4, -0.2) is 14.2 Å². The Hall–Kier alpha value is -1.19.